The lowest BCUT2D eigenvalue weighted by Crippen LogP contribution is -2.53. The molecule has 1 amide bonds. The molecule has 2 rings (SSSR count). The van der Waals surface area contributed by atoms with Crippen LogP contribution in [0.3, 0.4) is 0 Å². The van der Waals surface area contributed by atoms with Gasteiger partial charge < -0.3 is 15.1 Å². The third-order valence-electron chi connectivity index (χ3n) is 3.41. The first-order chi connectivity index (χ1) is 9.00. The lowest BCUT2D eigenvalue weighted by Gasteiger charge is -2.37. The largest absolute Gasteiger partial charge is 0.457 e. The Bertz CT molecular complexity index is 483. The van der Waals surface area contributed by atoms with Crippen LogP contribution in [0.1, 0.15) is 17.3 Å². The molecule has 0 aromatic carbocycles. The zero-order chi connectivity index (χ0) is 14.0. The summed E-state index contributed by atoms with van der Waals surface area (Å²) in [6, 6.07) is 1.75. The van der Waals surface area contributed by atoms with Crippen molar-refractivity contribution in [3.8, 4) is 0 Å². The van der Waals surface area contributed by atoms with Gasteiger partial charge in [0, 0.05) is 26.2 Å². The summed E-state index contributed by atoms with van der Waals surface area (Å²) in [5.74, 6) is -0.0109. The van der Waals surface area contributed by atoms with Gasteiger partial charge in [0.05, 0.1) is 22.9 Å². The highest BCUT2D eigenvalue weighted by atomic mass is 79.9. The van der Waals surface area contributed by atoms with Crippen LogP contribution in [0, 0.1) is 0 Å². The van der Waals surface area contributed by atoms with Gasteiger partial charge in [-0.1, -0.05) is 12.2 Å². The average Bonchev–Trinajstić information content (AvgIpc) is 2.83. The molecule has 1 aromatic heterocycles. The molecular formula is C12H16BrN3O2S. The van der Waals surface area contributed by atoms with Crippen molar-refractivity contribution >= 4 is 39.0 Å². The second-order valence-electron chi connectivity index (χ2n) is 4.51. The van der Waals surface area contributed by atoms with Crippen LogP contribution in [0.25, 0.3) is 0 Å². The molecule has 5 nitrogen and oxygen atoms in total. The van der Waals surface area contributed by atoms with Crippen LogP contribution in [-0.4, -0.2) is 52.9 Å². The average molecular weight is 346 g/mol. The van der Waals surface area contributed by atoms with E-state index in [9.17, 15) is 4.79 Å². The third-order valence-corrected chi connectivity index (χ3v) is 4.36. The van der Waals surface area contributed by atoms with Gasteiger partial charge in [0.1, 0.15) is 0 Å². The second kappa shape index (κ2) is 6.02. The van der Waals surface area contributed by atoms with Gasteiger partial charge in [0.25, 0.3) is 5.91 Å². The van der Waals surface area contributed by atoms with Crippen LogP contribution >= 0.6 is 28.1 Å². The Hall–Kier alpha value is -0.920. The number of amides is 1. The number of piperazine rings is 1. The number of carbonyl (C=O) groups is 1. The summed E-state index contributed by atoms with van der Waals surface area (Å²) in [5.41, 5.74) is 6.21. The van der Waals surface area contributed by atoms with E-state index in [4.69, 9.17) is 22.4 Å². The van der Waals surface area contributed by atoms with Gasteiger partial charge in [0.2, 0.25) is 0 Å². The summed E-state index contributed by atoms with van der Waals surface area (Å²) in [6.07, 6.45) is 1.50. The summed E-state index contributed by atoms with van der Waals surface area (Å²) in [4.78, 5) is 16.8. The van der Waals surface area contributed by atoms with Crippen LogP contribution in [0.15, 0.2) is 21.4 Å². The molecule has 1 aliphatic heterocycles. The van der Waals surface area contributed by atoms with E-state index in [1.165, 1.54) is 6.26 Å². The van der Waals surface area contributed by atoms with E-state index in [0.717, 1.165) is 13.1 Å². The SMILES string of the molecule is CC(C(N)=S)N1CCN(C(=O)c2ccoc2Br)CC1. The first-order valence-corrected chi connectivity index (χ1v) is 7.26. The highest BCUT2D eigenvalue weighted by Gasteiger charge is 2.27. The number of carbonyl (C=O) groups excluding carboxylic acids is 1. The van der Waals surface area contributed by atoms with Gasteiger partial charge in [-0.3, -0.25) is 9.69 Å². The van der Waals surface area contributed by atoms with Gasteiger partial charge in [-0.05, 0) is 28.9 Å². The van der Waals surface area contributed by atoms with Crippen molar-refractivity contribution < 1.29 is 9.21 Å². The van der Waals surface area contributed by atoms with Crippen LogP contribution in [-0.2, 0) is 0 Å². The molecule has 1 aromatic rings. The van der Waals surface area contributed by atoms with E-state index in [2.05, 4.69) is 20.8 Å². The second-order valence-corrected chi connectivity index (χ2v) is 5.71. The Labute approximate surface area is 125 Å². The van der Waals surface area contributed by atoms with E-state index < -0.39 is 0 Å². The first kappa shape index (κ1) is 14.5. The van der Waals surface area contributed by atoms with Gasteiger partial charge in [-0.2, -0.15) is 0 Å². The molecule has 0 aliphatic carbocycles. The molecule has 0 bridgehead atoms. The van der Waals surface area contributed by atoms with E-state index in [1.807, 2.05) is 11.8 Å². The minimum atomic E-state index is -0.0109. The molecule has 1 saturated heterocycles. The molecule has 2 heterocycles. The molecule has 7 heteroatoms. The normalized spacial score (nSPS) is 18.3. The number of nitrogens with zero attached hydrogens (tertiary/aromatic N) is 2. The molecule has 0 saturated carbocycles. The number of hydrogen-bond acceptors (Lipinski definition) is 4. The fraction of sp³-hybridized carbons (Fsp3) is 0.500. The molecule has 19 heavy (non-hydrogen) atoms. The monoisotopic (exact) mass is 345 g/mol. The quantitative estimate of drug-likeness (QED) is 0.840. The number of thiocarbonyl (C=S) groups is 1. The number of furan rings is 1. The molecule has 0 radical (unpaired) electrons. The van der Waals surface area contributed by atoms with E-state index in [1.54, 1.807) is 6.07 Å². The van der Waals surface area contributed by atoms with Gasteiger partial charge in [-0.25, -0.2) is 0 Å². The maximum Gasteiger partial charge on any atom is 0.258 e. The van der Waals surface area contributed by atoms with E-state index in [0.29, 0.717) is 28.3 Å². The molecule has 1 fully saturated rings. The zero-order valence-corrected chi connectivity index (χ0v) is 13.0. The standard InChI is InChI=1S/C12H16BrN3O2S/c1-8(11(14)19)15-3-5-16(6-4-15)12(17)9-2-7-18-10(9)13/h2,7-8H,3-6H2,1H3,(H2,14,19). The Balaban J connectivity index is 1.95. The number of hydrogen-bond donors (Lipinski definition) is 1. The molecule has 104 valence electrons. The predicted molar refractivity (Wildman–Crippen MR) is 80.1 cm³/mol. The highest BCUT2D eigenvalue weighted by Crippen LogP contribution is 2.20. The summed E-state index contributed by atoms with van der Waals surface area (Å²) in [6.45, 7) is 4.89. The molecular weight excluding hydrogens is 330 g/mol. The number of rotatable bonds is 3. The number of halogens is 1. The van der Waals surface area contributed by atoms with Crippen LogP contribution in [0.2, 0.25) is 0 Å². The molecule has 1 unspecified atom stereocenters. The van der Waals surface area contributed by atoms with Crippen LogP contribution in [0.5, 0.6) is 0 Å². The summed E-state index contributed by atoms with van der Waals surface area (Å²) < 4.78 is 5.58. The summed E-state index contributed by atoms with van der Waals surface area (Å²) >= 11 is 8.23. The Morgan fingerprint density at radius 2 is 2.11 bits per heavy atom. The topological polar surface area (TPSA) is 62.7 Å². The lowest BCUT2D eigenvalue weighted by molar-refractivity contribution is 0.0620. The summed E-state index contributed by atoms with van der Waals surface area (Å²) in [7, 11) is 0. The van der Waals surface area contributed by atoms with Crippen molar-refractivity contribution in [3.63, 3.8) is 0 Å². The maximum absolute atomic E-state index is 12.3. The summed E-state index contributed by atoms with van der Waals surface area (Å²) in [5, 5.41) is 0. The Kier molecular flexibility index (Phi) is 4.59. The van der Waals surface area contributed by atoms with Gasteiger partial charge >= 0.3 is 0 Å². The fourth-order valence-electron chi connectivity index (χ4n) is 2.11. The Morgan fingerprint density at radius 1 is 1.47 bits per heavy atom. The van der Waals surface area contributed by atoms with Crippen molar-refractivity contribution in [2.45, 2.75) is 13.0 Å². The van der Waals surface area contributed by atoms with Crippen molar-refractivity contribution in [1.29, 1.82) is 0 Å². The fourth-order valence-corrected chi connectivity index (χ4v) is 2.67. The molecule has 1 aliphatic rings. The lowest BCUT2D eigenvalue weighted by atomic mass is 10.2. The van der Waals surface area contributed by atoms with E-state index >= 15 is 0 Å². The van der Waals surface area contributed by atoms with Crippen molar-refractivity contribution in [1.82, 2.24) is 9.80 Å². The first-order valence-electron chi connectivity index (χ1n) is 6.06. The van der Waals surface area contributed by atoms with Crippen LogP contribution < -0.4 is 5.73 Å². The maximum atomic E-state index is 12.3. The molecule has 2 N–H and O–H groups in total. The van der Waals surface area contributed by atoms with Crippen molar-refractivity contribution in [2.24, 2.45) is 5.73 Å². The van der Waals surface area contributed by atoms with Crippen LogP contribution in [0.4, 0.5) is 0 Å². The number of nitrogens with two attached hydrogens (primary N) is 1. The highest BCUT2D eigenvalue weighted by molar-refractivity contribution is 9.10. The zero-order valence-electron chi connectivity index (χ0n) is 10.6. The smallest absolute Gasteiger partial charge is 0.258 e. The molecule has 1 atom stereocenters. The minimum absolute atomic E-state index is 0.0109. The molecule has 0 spiro atoms. The van der Waals surface area contributed by atoms with E-state index in [-0.39, 0.29) is 11.9 Å². The third kappa shape index (κ3) is 3.16. The van der Waals surface area contributed by atoms with Gasteiger partial charge in [-0.15, -0.1) is 0 Å². The van der Waals surface area contributed by atoms with Crippen molar-refractivity contribution in [3.05, 3.63) is 22.6 Å². The Morgan fingerprint density at radius 3 is 2.58 bits per heavy atom. The minimum Gasteiger partial charge on any atom is -0.457 e. The van der Waals surface area contributed by atoms with Gasteiger partial charge in [0.15, 0.2) is 4.67 Å². The van der Waals surface area contributed by atoms with Crippen molar-refractivity contribution in [2.75, 3.05) is 26.2 Å². The predicted octanol–water partition coefficient (Wildman–Crippen LogP) is 1.47.